The van der Waals surface area contributed by atoms with E-state index in [1.165, 1.54) is 6.08 Å². The molecule has 1 aliphatic rings. The number of hydrogen-bond donors (Lipinski definition) is 0. The van der Waals surface area contributed by atoms with Gasteiger partial charge in [-0.05, 0) is 6.42 Å². The zero-order valence-electron chi connectivity index (χ0n) is 4.34. The highest BCUT2D eigenvalue weighted by atomic mass is 35.5. The van der Waals surface area contributed by atoms with Gasteiger partial charge in [0.05, 0.1) is 0 Å². The molecule has 52 valence electrons. The topological polar surface area (TPSA) is 34.1 Å². The monoisotopic (exact) mass is 186 g/mol. The minimum Gasteiger partial charge on any atom is -0.221 e. The summed E-state index contributed by atoms with van der Waals surface area (Å²) < 4.78 is 20.6. The zero-order chi connectivity index (χ0) is 7.07. The Morgan fingerprint density at radius 2 is 2.22 bits per heavy atom. The van der Waals surface area contributed by atoms with E-state index in [0.29, 0.717) is 6.42 Å². The van der Waals surface area contributed by atoms with Crippen molar-refractivity contribution in [3.63, 3.8) is 0 Å². The molecule has 0 aromatic rings. The van der Waals surface area contributed by atoms with Crippen LogP contribution in [-0.2, 0) is 9.84 Å². The number of allylic oxidation sites excluding steroid dienone is 1. The molecule has 2 nitrogen and oxygen atoms in total. The standard InChI is InChI=1S/C4H4Cl2O2S/c5-3-1-2-4(6)9(3,7)8/h1,4H,2H2. The third kappa shape index (κ3) is 1.09. The summed E-state index contributed by atoms with van der Waals surface area (Å²) in [6.45, 7) is 0. The van der Waals surface area contributed by atoms with E-state index < -0.39 is 14.5 Å². The summed E-state index contributed by atoms with van der Waals surface area (Å²) in [7, 11) is -3.31. The van der Waals surface area contributed by atoms with Crippen LogP contribution in [-0.4, -0.2) is 13.1 Å². The van der Waals surface area contributed by atoms with Gasteiger partial charge in [-0.1, -0.05) is 17.7 Å². The maximum atomic E-state index is 10.8. The largest absolute Gasteiger partial charge is 0.221 e. The first kappa shape index (κ1) is 7.38. The summed E-state index contributed by atoms with van der Waals surface area (Å²) >= 11 is 10.7. The lowest BCUT2D eigenvalue weighted by Gasteiger charge is -1.96. The molecular weight excluding hydrogens is 183 g/mol. The molecule has 0 saturated carbocycles. The summed E-state index contributed by atoms with van der Waals surface area (Å²) in [5, 5.41) is 0. The van der Waals surface area contributed by atoms with Gasteiger partial charge in [0.25, 0.3) is 0 Å². The molecule has 0 aromatic heterocycles. The molecule has 0 fully saturated rings. The fraction of sp³-hybridized carbons (Fsp3) is 0.500. The number of sulfone groups is 1. The second kappa shape index (κ2) is 2.15. The highest BCUT2D eigenvalue weighted by Crippen LogP contribution is 2.30. The quantitative estimate of drug-likeness (QED) is 0.538. The lowest BCUT2D eigenvalue weighted by Crippen LogP contribution is -2.07. The van der Waals surface area contributed by atoms with Crippen molar-refractivity contribution in [3.05, 3.63) is 10.4 Å². The van der Waals surface area contributed by atoms with Crippen molar-refractivity contribution in [1.29, 1.82) is 0 Å². The third-order valence-corrected chi connectivity index (χ3v) is 4.33. The average Bonchev–Trinajstić information content (AvgIpc) is 1.96. The third-order valence-electron chi connectivity index (χ3n) is 1.07. The molecule has 1 aliphatic heterocycles. The second-order valence-corrected chi connectivity index (χ2v) is 5.21. The van der Waals surface area contributed by atoms with Gasteiger partial charge >= 0.3 is 0 Å². The number of rotatable bonds is 0. The van der Waals surface area contributed by atoms with Gasteiger partial charge < -0.3 is 0 Å². The smallest absolute Gasteiger partial charge is 0.205 e. The molecule has 1 atom stereocenters. The van der Waals surface area contributed by atoms with Crippen molar-refractivity contribution >= 4 is 33.0 Å². The molecule has 1 rings (SSSR count). The molecule has 0 spiro atoms. The molecule has 0 N–H and O–H groups in total. The lowest BCUT2D eigenvalue weighted by molar-refractivity contribution is 0.603. The molecule has 0 amide bonds. The Balaban J connectivity index is 3.10. The fourth-order valence-corrected chi connectivity index (χ4v) is 2.40. The van der Waals surface area contributed by atoms with Crippen LogP contribution in [0.2, 0.25) is 0 Å². The van der Waals surface area contributed by atoms with Gasteiger partial charge in [0.15, 0.2) is 0 Å². The Morgan fingerprint density at radius 1 is 1.67 bits per heavy atom. The van der Waals surface area contributed by atoms with Crippen LogP contribution in [0.15, 0.2) is 10.4 Å². The molecule has 0 aliphatic carbocycles. The van der Waals surface area contributed by atoms with Crippen LogP contribution >= 0.6 is 23.2 Å². The number of alkyl halides is 1. The molecule has 0 aromatic carbocycles. The van der Waals surface area contributed by atoms with Crippen molar-refractivity contribution in [2.24, 2.45) is 0 Å². The van der Waals surface area contributed by atoms with Gasteiger partial charge in [-0.15, -0.1) is 11.6 Å². The summed E-state index contributed by atoms with van der Waals surface area (Å²) in [5.41, 5.74) is 0. The highest BCUT2D eigenvalue weighted by molar-refractivity contribution is 7.98. The molecule has 1 unspecified atom stereocenters. The minimum absolute atomic E-state index is 0.123. The van der Waals surface area contributed by atoms with Crippen LogP contribution in [0.25, 0.3) is 0 Å². The molecule has 0 bridgehead atoms. The molecule has 0 radical (unpaired) electrons. The fourth-order valence-electron chi connectivity index (χ4n) is 0.550. The van der Waals surface area contributed by atoms with Crippen LogP contribution in [0.4, 0.5) is 0 Å². The van der Waals surface area contributed by atoms with Gasteiger partial charge in [-0.3, -0.25) is 0 Å². The van der Waals surface area contributed by atoms with E-state index in [-0.39, 0.29) is 4.36 Å². The average molecular weight is 187 g/mol. The molecule has 9 heavy (non-hydrogen) atoms. The predicted molar refractivity (Wildman–Crippen MR) is 37.1 cm³/mol. The van der Waals surface area contributed by atoms with E-state index in [4.69, 9.17) is 23.2 Å². The van der Waals surface area contributed by atoms with E-state index in [1.807, 2.05) is 0 Å². The molecule has 1 heterocycles. The Bertz CT molecular complexity index is 241. The van der Waals surface area contributed by atoms with Crippen LogP contribution in [0.1, 0.15) is 6.42 Å². The van der Waals surface area contributed by atoms with Gasteiger partial charge in [-0.2, -0.15) is 0 Å². The van der Waals surface area contributed by atoms with Crippen LogP contribution in [0.3, 0.4) is 0 Å². The maximum Gasteiger partial charge on any atom is 0.205 e. The first-order valence-electron chi connectivity index (χ1n) is 2.29. The Morgan fingerprint density at radius 3 is 2.33 bits per heavy atom. The van der Waals surface area contributed by atoms with Gasteiger partial charge in [-0.25, -0.2) is 8.42 Å². The maximum absolute atomic E-state index is 10.8. The van der Waals surface area contributed by atoms with Gasteiger partial charge in [0.1, 0.15) is 9.07 Å². The van der Waals surface area contributed by atoms with E-state index >= 15 is 0 Å². The summed E-state index contributed by atoms with van der Waals surface area (Å²) in [5.74, 6) is 0. The van der Waals surface area contributed by atoms with Crippen LogP contribution in [0, 0.1) is 0 Å². The molecule has 5 heteroatoms. The summed E-state index contributed by atoms with van der Waals surface area (Å²) in [6.07, 6.45) is 1.73. The van der Waals surface area contributed by atoms with E-state index in [0.717, 1.165) is 0 Å². The molecule has 0 saturated heterocycles. The summed E-state index contributed by atoms with van der Waals surface area (Å²) in [4.78, 5) is 0. The first-order valence-corrected chi connectivity index (χ1v) is 4.65. The highest BCUT2D eigenvalue weighted by Gasteiger charge is 2.31. The Labute approximate surface area is 63.4 Å². The summed E-state index contributed by atoms with van der Waals surface area (Å²) in [6, 6.07) is 0. The molecular formula is C4H4Cl2O2S. The van der Waals surface area contributed by atoms with Crippen molar-refractivity contribution in [2.75, 3.05) is 0 Å². The predicted octanol–water partition coefficient (Wildman–Crippen LogP) is 1.45. The van der Waals surface area contributed by atoms with E-state index in [1.54, 1.807) is 0 Å². The van der Waals surface area contributed by atoms with Crippen LogP contribution < -0.4 is 0 Å². The van der Waals surface area contributed by atoms with Crippen molar-refractivity contribution in [2.45, 2.75) is 11.1 Å². The van der Waals surface area contributed by atoms with Crippen molar-refractivity contribution in [3.8, 4) is 0 Å². The number of halogens is 2. The SMILES string of the molecule is O=S1(=O)C(Cl)=CCC1Cl. The van der Waals surface area contributed by atoms with Gasteiger partial charge in [0, 0.05) is 0 Å². The van der Waals surface area contributed by atoms with E-state index in [2.05, 4.69) is 0 Å². The van der Waals surface area contributed by atoms with Crippen LogP contribution in [0.5, 0.6) is 0 Å². The Hall–Kier alpha value is 0.270. The second-order valence-electron chi connectivity index (χ2n) is 1.70. The van der Waals surface area contributed by atoms with Gasteiger partial charge in [0.2, 0.25) is 9.84 Å². The Kier molecular flexibility index (Phi) is 1.76. The lowest BCUT2D eigenvalue weighted by atomic mass is 10.5. The number of hydrogen-bond acceptors (Lipinski definition) is 2. The van der Waals surface area contributed by atoms with E-state index in [9.17, 15) is 8.42 Å². The zero-order valence-corrected chi connectivity index (χ0v) is 6.67. The first-order chi connectivity index (χ1) is 4.05. The normalized spacial score (nSPS) is 32.2. The van der Waals surface area contributed by atoms with Crippen molar-refractivity contribution in [1.82, 2.24) is 0 Å². The minimum atomic E-state index is -3.31. The van der Waals surface area contributed by atoms with Crippen molar-refractivity contribution < 1.29 is 8.42 Å².